The standard InChI is InChI=1S/C25H27N5O6S/c31-22(27-35)18-14-17(36-24-26-19-8-4-5-9-20(19)37-24)15-30(25(33)34)21(18)23(32)29-12-10-28(11-13-29)16-6-2-1-3-7-16/h1-9,17-18,21,35H,10-15H2,(H,27,31)(H,33,34)/t17-,18?,21?/m0/s1. The Morgan fingerprint density at radius 2 is 1.70 bits per heavy atom. The summed E-state index contributed by atoms with van der Waals surface area (Å²) in [5, 5.41) is 19.8. The lowest BCUT2D eigenvalue weighted by atomic mass is 9.86. The number of hydrogen-bond acceptors (Lipinski definition) is 8. The average molecular weight is 526 g/mol. The monoisotopic (exact) mass is 525 g/mol. The number of carbonyl (C=O) groups is 3. The first kappa shape index (κ1) is 24.8. The number of benzene rings is 2. The number of likely N-dealkylation sites (tertiary alicyclic amines) is 1. The smallest absolute Gasteiger partial charge is 0.408 e. The predicted octanol–water partition coefficient (Wildman–Crippen LogP) is 2.27. The Hall–Kier alpha value is -3.90. The molecule has 37 heavy (non-hydrogen) atoms. The SMILES string of the molecule is O=C(NO)C1C[C@H](Oc2nc3ccccc3s2)CN(C(=O)O)C1C(=O)N1CCN(c2ccccc2)CC1. The van der Waals surface area contributed by atoms with E-state index in [1.165, 1.54) is 11.3 Å². The highest BCUT2D eigenvalue weighted by atomic mass is 32.1. The molecule has 3 atom stereocenters. The molecule has 3 N–H and O–H groups in total. The molecule has 0 bridgehead atoms. The van der Waals surface area contributed by atoms with E-state index >= 15 is 0 Å². The van der Waals surface area contributed by atoms with E-state index in [-0.39, 0.29) is 13.0 Å². The second-order valence-corrected chi connectivity index (χ2v) is 10.0. The molecule has 0 radical (unpaired) electrons. The third-order valence-corrected chi connectivity index (χ3v) is 7.76. The number of hydrogen-bond donors (Lipinski definition) is 3. The molecule has 194 valence electrons. The van der Waals surface area contributed by atoms with Crippen molar-refractivity contribution in [3.05, 3.63) is 54.6 Å². The lowest BCUT2D eigenvalue weighted by molar-refractivity contribution is -0.150. The minimum Gasteiger partial charge on any atom is -0.465 e. The predicted molar refractivity (Wildman–Crippen MR) is 136 cm³/mol. The van der Waals surface area contributed by atoms with Crippen molar-refractivity contribution in [1.29, 1.82) is 0 Å². The van der Waals surface area contributed by atoms with Gasteiger partial charge in [0, 0.05) is 38.3 Å². The second kappa shape index (κ2) is 10.6. The molecule has 2 aliphatic heterocycles. The van der Waals surface area contributed by atoms with Crippen LogP contribution >= 0.6 is 11.3 Å². The molecule has 2 saturated heterocycles. The van der Waals surface area contributed by atoms with Gasteiger partial charge in [-0.25, -0.2) is 15.3 Å². The van der Waals surface area contributed by atoms with E-state index < -0.39 is 36.0 Å². The van der Waals surface area contributed by atoms with Gasteiger partial charge in [-0.15, -0.1) is 0 Å². The number of nitrogens with zero attached hydrogens (tertiary/aromatic N) is 4. The van der Waals surface area contributed by atoms with Crippen LogP contribution in [-0.2, 0) is 9.59 Å². The van der Waals surface area contributed by atoms with Crippen LogP contribution in [0.5, 0.6) is 5.19 Å². The maximum absolute atomic E-state index is 13.6. The van der Waals surface area contributed by atoms with E-state index in [4.69, 9.17) is 4.74 Å². The van der Waals surface area contributed by atoms with Gasteiger partial charge in [-0.05, 0) is 24.3 Å². The fourth-order valence-corrected chi connectivity index (χ4v) is 5.89. The van der Waals surface area contributed by atoms with Gasteiger partial charge in [-0.1, -0.05) is 41.7 Å². The first-order chi connectivity index (χ1) is 17.9. The van der Waals surface area contributed by atoms with Gasteiger partial charge in [0.15, 0.2) is 0 Å². The topological polar surface area (TPSA) is 136 Å². The van der Waals surface area contributed by atoms with E-state index in [1.54, 1.807) is 10.4 Å². The number of anilines is 1. The number of thiazole rings is 1. The van der Waals surface area contributed by atoms with Crippen molar-refractivity contribution in [2.45, 2.75) is 18.6 Å². The molecule has 2 aliphatic rings. The van der Waals surface area contributed by atoms with Crippen molar-refractivity contribution in [2.24, 2.45) is 5.92 Å². The van der Waals surface area contributed by atoms with Crippen molar-refractivity contribution in [2.75, 3.05) is 37.6 Å². The molecule has 3 heterocycles. The summed E-state index contributed by atoms with van der Waals surface area (Å²) in [4.78, 5) is 47.7. The molecule has 0 saturated carbocycles. The zero-order valence-corrected chi connectivity index (χ0v) is 20.7. The summed E-state index contributed by atoms with van der Waals surface area (Å²) >= 11 is 1.32. The maximum Gasteiger partial charge on any atom is 0.408 e. The van der Waals surface area contributed by atoms with Crippen LogP contribution in [0, 0.1) is 5.92 Å². The number of aromatic nitrogens is 1. The van der Waals surface area contributed by atoms with Crippen molar-refractivity contribution in [1.82, 2.24) is 20.3 Å². The summed E-state index contributed by atoms with van der Waals surface area (Å²) < 4.78 is 6.90. The highest BCUT2D eigenvalue weighted by molar-refractivity contribution is 7.20. The summed E-state index contributed by atoms with van der Waals surface area (Å²) in [6.07, 6.45) is -2.01. The van der Waals surface area contributed by atoms with Crippen LogP contribution in [0.3, 0.4) is 0 Å². The molecule has 0 spiro atoms. The van der Waals surface area contributed by atoms with Crippen molar-refractivity contribution >= 4 is 45.1 Å². The normalized spacial score (nSPS) is 22.1. The molecule has 1 aromatic heterocycles. The van der Waals surface area contributed by atoms with Gasteiger partial charge in [0.1, 0.15) is 12.1 Å². The highest BCUT2D eigenvalue weighted by Gasteiger charge is 2.48. The lowest BCUT2D eigenvalue weighted by Crippen LogP contribution is -2.64. The number of piperidine rings is 1. The molecule has 5 rings (SSSR count). The molecule has 11 nitrogen and oxygen atoms in total. The number of piperazine rings is 1. The van der Waals surface area contributed by atoms with Crippen LogP contribution in [-0.4, -0.2) is 87.9 Å². The van der Waals surface area contributed by atoms with E-state index in [2.05, 4.69) is 9.88 Å². The number of ether oxygens (including phenoxy) is 1. The Bertz CT molecular complexity index is 1250. The summed E-state index contributed by atoms with van der Waals surface area (Å²) in [6.45, 7) is 1.82. The lowest BCUT2D eigenvalue weighted by Gasteiger charge is -2.44. The zero-order valence-electron chi connectivity index (χ0n) is 19.9. The number of amides is 3. The van der Waals surface area contributed by atoms with Gasteiger partial charge in [-0.2, -0.15) is 0 Å². The number of para-hydroxylation sites is 2. The van der Waals surface area contributed by atoms with Crippen LogP contribution in [0.2, 0.25) is 0 Å². The summed E-state index contributed by atoms with van der Waals surface area (Å²) in [6, 6.07) is 16.0. The Kier molecular flexibility index (Phi) is 7.10. The molecule has 2 unspecified atom stereocenters. The van der Waals surface area contributed by atoms with E-state index in [1.807, 2.05) is 54.6 Å². The van der Waals surface area contributed by atoms with E-state index in [0.717, 1.165) is 20.8 Å². The average Bonchev–Trinajstić information content (AvgIpc) is 3.34. The van der Waals surface area contributed by atoms with Crippen molar-refractivity contribution in [3.63, 3.8) is 0 Å². The van der Waals surface area contributed by atoms with Gasteiger partial charge in [0.05, 0.1) is 22.7 Å². The number of nitrogens with one attached hydrogen (secondary N) is 1. The largest absolute Gasteiger partial charge is 0.465 e. The molecule has 2 aromatic carbocycles. The Balaban J connectivity index is 1.33. The van der Waals surface area contributed by atoms with Gasteiger partial charge in [0.25, 0.3) is 5.19 Å². The molecule has 3 amide bonds. The molecule has 2 fully saturated rings. The number of carboxylic acid groups (broad SMARTS) is 1. The number of fused-ring (bicyclic) bond motifs is 1. The minimum atomic E-state index is -1.34. The Labute approximate surface area is 216 Å². The van der Waals surface area contributed by atoms with Crippen LogP contribution in [0.15, 0.2) is 54.6 Å². The van der Waals surface area contributed by atoms with Crippen LogP contribution in [0.4, 0.5) is 10.5 Å². The third-order valence-electron chi connectivity index (χ3n) is 6.83. The number of rotatable bonds is 5. The summed E-state index contributed by atoms with van der Waals surface area (Å²) in [5.41, 5.74) is 3.41. The zero-order chi connectivity index (χ0) is 25.9. The number of hydroxylamine groups is 1. The molecule has 12 heteroatoms. The molecular formula is C25H27N5O6S. The second-order valence-electron chi connectivity index (χ2n) is 9.03. The quantitative estimate of drug-likeness (QED) is 0.341. The first-order valence-corrected chi connectivity index (χ1v) is 12.8. The Morgan fingerprint density at radius 1 is 1.00 bits per heavy atom. The fraction of sp³-hybridized carbons (Fsp3) is 0.360. The molecule has 0 aliphatic carbocycles. The van der Waals surface area contributed by atoms with Crippen molar-refractivity contribution in [3.8, 4) is 5.19 Å². The van der Waals surface area contributed by atoms with E-state index in [9.17, 15) is 24.7 Å². The molecule has 3 aromatic rings. The van der Waals surface area contributed by atoms with Gasteiger partial charge >= 0.3 is 6.09 Å². The minimum absolute atomic E-state index is 0.0481. The van der Waals surface area contributed by atoms with Gasteiger partial charge < -0.3 is 19.6 Å². The molecular weight excluding hydrogens is 498 g/mol. The van der Waals surface area contributed by atoms with Crippen LogP contribution in [0.25, 0.3) is 10.2 Å². The fourth-order valence-electron chi connectivity index (χ4n) is 5.01. The number of carbonyl (C=O) groups excluding carboxylic acids is 2. The highest BCUT2D eigenvalue weighted by Crippen LogP contribution is 2.33. The Morgan fingerprint density at radius 3 is 2.38 bits per heavy atom. The van der Waals surface area contributed by atoms with Crippen molar-refractivity contribution < 1.29 is 29.4 Å². The van der Waals surface area contributed by atoms with Gasteiger partial charge in [-0.3, -0.25) is 19.7 Å². The summed E-state index contributed by atoms with van der Waals surface area (Å²) in [7, 11) is 0. The van der Waals surface area contributed by atoms with Crippen LogP contribution < -0.4 is 15.1 Å². The van der Waals surface area contributed by atoms with Gasteiger partial charge in [0.2, 0.25) is 11.8 Å². The first-order valence-electron chi connectivity index (χ1n) is 12.0. The van der Waals surface area contributed by atoms with E-state index in [0.29, 0.717) is 31.4 Å². The van der Waals surface area contributed by atoms with Crippen LogP contribution in [0.1, 0.15) is 6.42 Å². The maximum atomic E-state index is 13.6. The summed E-state index contributed by atoms with van der Waals surface area (Å²) in [5.74, 6) is -2.42. The third kappa shape index (κ3) is 5.16.